The second-order valence-corrected chi connectivity index (χ2v) is 6.97. The van der Waals surface area contributed by atoms with Crippen LogP contribution in [0.1, 0.15) is 28.2 Å². The fourth-order valence-electron chi connectivity index (χ4n) is 2.91. The molecule has 3 aromatic rings. The van der Waals surface area contributed by atoms with Gasteiger partial charge < -0.3 is 9.64 Å². The molecule has 0 unspecified atom stereocenters. The molecule has 0 spiro atoms. The molecular formula is C19H16N2O3S. The summed E-state index contributed by atoms with van der Waals surface area (Å²) in [7, 11) is 0. The number of esters is 1. The van der Waals surface area contributed by atoms with E-state index in [1.165, 1.54) is 11.3 Å². The number of para-hydroxylation sites is 1. The lowest BCUT2D eigenvalue weighted by molar-refractivity contribution is -0.117. The number of carbonyl (C=O) groups excluding carboxylic acids is 2. The fraction of sp³-hybridized carbons (Fsp3) is 0.211. The summed E-state index contributed by atoms with van der Waals surface area (Å²) in [5.41, 5.74) is 2.10. The number of carbonyl (C=O) groups is 2. The van der Waals surface area contributed by atoms with E-state index >= 15 is 0 Å². The molecule has 0 N–H and O–H groups in total. The molecule has 4 rings (SSSR count). The highest BCUT2D eigenvalue weighted by Gasteiger charge is 2.22. The van der Waals surface area contributed by atoms with Gasteiger partial charge in [-0.25, -0.2) is 9.78 Å². The summed E-state index contributed by atoms with van der Waals surface area (Å²) in [6.45, 7) is 0.841. The average Bonchev–Trinajstić information content (AvgIpc) is 3.25. The van der Waals surface area contributed by atoms with Crippen molar-refractivity contribution in [1.29, 1.82) is 0 Å². The van der Waals surface area contributed by atoms with E-state index in [1.54, 1.807) is 23.1 Å². The minimum atomic E-state index is -0.409. The molecule has 1 aliphatic rings. The van der Waals surface area contributed by atoms with Gasteiger partial charge in [-0.15, -0.1) is 11.3 Å². The third-order valence-corrected chi connectivity index (χ3v) is 5.14. The summed E-state index contributed by atoms with van der Waals surface area (Å²) in [6.07, 6.45) is 1.41. The van der Waals surface area contributed by atoms with Crippen LogP contribution in [0, 0.1) is 0 Å². The Bertz CT molecular complexity index is 918. The van der Waals surface area contributed by atoms with E-state index in [0.717, 1.165) is 27.3 Å². The smallest absolute Gasteiger partial charge is 0.338 e. The second kappa shape index (κ2) is 6.64. The lowest BCUT2D eigenvalue weighted by atomic mass is 10.2. The zero-order chi connectivity index (χ0) is 17.2. The first-order valence-corrected chi connectivity index (χ1v) is 8.94. The number of aromatic nitrogens is 1. The van der Waals surface area contributed by atoms with Gasteiger partial charge in [0.1, 0.15) is 11.6 Å². The zero-order valence-electron chi connectivity index (χ0n) is 13.5. The number of rotatable bonds is 4. The highest BCUT2D eigenvalue weighted by atomic mass is 32.1. The number of anilines is 1. The maximum absolute atomic E-state index is 12.3. The van der Waals surface area contributed by atoms with Crippen LogP contribution in [0.2, 0.25) is 0 Å². The van der Waals surface area contributed by atoms with Gasteiger partial charge in [0, 0.05) is 18.7 Å². The van der Waals surface area contributed by atoms with Crippen LogP contribution in [0.5, 0.6) is 0 Å². The normalized spacial score (nSPS) is 14.2. The molecule has 2 heterocycles. The van der Waals surface area contributed by atoms with Crippen LogP contribution in [-0.2, 0) is 16.1 Å². The van der Waals surface area contributed by atoms with E-state index in [9.17, 15) is 9.59 Å². The predicted octanol–water partition coefficient (Wildman–Crippen LogP) is 3.78. The first-order chi connectivity index (χ1) is 12.2. The number of nitrogens with zero attached hydrogens (tertiary/aromatic N) is 2. The summed E-state index contributed by atoms with van der Waals surface area (Å²) >= 11 is 1.52. The van der Waals surface area contributed by atoms with Gasteiger partial charge in [0.2, 0.25) is 5.91 Å². The summed E-state index contributed by atoms with van der Waals surface area (Å²) in [5.74, 6) is -0.312. The Morgan fingerprint density at radius 2 is 2.08 bits per heavy atom. The van der Waals surface area contributed by atoms with Crippen LogP contribution < -0.4 is 4.90 Å². The van der Waals surface area contributed by atoms with Crippen molar-refractivity contribution in [1.82, 2.24) is 4.98 Å². The van der Waals surface area contributed by atoms with Crippen LogP contribution in [0.4, 0.5) is 5.69 Å². The van der Waals surface area contributed by atoms with Gasteiger partial charge in [-0.05, 0) is 36.8 Å². The number of hydrogen-bond acceptors (Lipinski definition) is 5. The van der Waals surface area contributed by atoms with Gasteiger partial charge >= 0.3 is 5.97 Å². The number of benzene rings is 2. The van der Waals surface area contributed by atoms with Crippen LogP contribution in [-0.4, -0.2) is 23.4 Å². The van der Waals surface area contributed by atoms with Gasteiger partial charge in [-0.2, -0.15) is 0 Å². The number of fused-ring (bicyclic) bond motifs is 1. The van der Waals surface area contributed by atoms with Gasteiger partial charge in [-0.3, -0.25) is 4.79 Å². The van der Waals surface area contributed by atoms with Crippen LogP contribution in [0.25, 0.3) is 10.2 Å². The lowest BCUT2D eigenvalue weighted by Gasteiger charge is -2.16. The summed E-state index contributed by atoms with van der Waals surface area (Å²) in [5, 5.41) is 0.764. The number of ether oxygens (including phenoxy) is 1. The van der Waals surface area contributed by atoms with Gasteiger partial charge in [-0.1, -0.05) is 18.2 Å². The van der Waals surface area contributed by atoms with E-state index in [4.69, 9.17) is 4.74 Å². The summed E-state index contributed by atoms with van der Waals surface area (Å²) in [4.78, 5) is 30.4. The lowest BCUT2D eigenvalue weighted by Crippen LogP contribution is -2.23. The Morgan fingerprint density at radius 3 is 2.88 bits per heavy atom. The number of hydrogen-bond donors (Lipinski definition) is 0. The standard InChI is InChI=1S/C19H16N2O3S/c22-18-9-4-10-21(18)14-6-3-5-13(11-14)19(23)24-12-17-20-15-7-1-2-8-16(15)25-17/h1-3,5-8,11H,4,9-10,12H2. The Hall–Kier alpha value is -2.73. The van der Waals surface area contributed by atoms with Gasteiger partial charge in [0.15, 0.2) is 0 Å². The van der Waals surface area contributed by atoms with Crippen molar-refractivity contribution in [2.45, 2.75) is 19.4 Å². The molecule has 0 saturated carbocycles. The Morgan fingerprint density at radius 1 is 1.20 bits per heavy atom. The van der Waals surface area contributed by atoms with E-state index in [2.05, 4.69) is 4.98 Å². The van der Waals surface area contributed by atoms with Crippen molar-refractivity contribution in [2.75, 3.05) is 11.4 Å². The van der Waals surface area contributed by atoms with E-state index in [1.807, 2.05) is 30.3 Å². The molecular weight excluding hydrogens is 336 g/mol. The fourth-order valence-corrected chi connectivity index (χ4v) is 3.79. The van der Waals surface area contributed by atoms with Crippen LogP contribution in [0.15, 0.2) is 48.5 Å². The van der Waals surface area contributed by atoms with Crippen molar-refractivity contribution in [2.24, 2.45) is 0 Å². The molecule has 5 nitrogen and oxygen atoms in total. The quantitative estimate of drug-likeness (QED) is 0.671. The van der Waals surface area contributed by atoms with Crippen LogP contribution in [0.3, 0.4) is 0 Å². The zero-order valence-corrected chi connectivity index (χ0v) is 14.3. The van der Waals surface area contributed by atoms with Gasteiger partial charge in [0.25, 0.3) is 0 Å². The number of amides is 1. The highest BCUT2D eigenvalue weighted by molar-refractivity contribution is 7.18. The van der Waals surface area contributed by atoms with Crippen molar-refractivity contribution in [3.8, 4) is 0 Å². The van der Waals surface area contributed by atoms with E-state index in [-0.39, 0.29) is 12.5 Å². The van der Waals surface area contributed by atoms with Gasteiger partial charge in [0.05, 0.1) is 15.8 Å². The molecule has 1 fully saturated rings. The summed E-state index contributed by atoms with van der Waals surface area (Å²) < 4.78 is 6.47. The first-order valence-electron chi connectivity index (χ1n) is 8.13. The molecule has 1 aromatic heterocycles. The maximum Gasteiger partial charge on any atom is 0.338 e. The molecule has 1 aliphatic heterocycles. The van der Waals surface area contributed by atoms with Crippen molar-refractivity contribution in [3.63, 3.8) is 0 Å². The van der Waals surface area contributed by atoms with Crippen LogP contribution >= 0.6 is 11.3 Å². The molecule has 0 radical (unpaired) electrons. The molecule has 0 aliphatic carbocycles. The molecule has 6 heteroatoms. The Kier molecular flexibility index (Phi) is 4.19. The highest BCUT2D eigenvalue weighted by Crippen LogP contribution is 2.24. The average molecular weight is 352 g/mol. The third kappa shape index (κ3) is 3.25. The molecule has 1 amide bonds. The van der Waals surface area contributed by atoms with Crippen molar-refractivity contribution >= 4 is 39.1 Å². The van der Waals surface area contributed by atoms with E-state index in [0.29, 0.717) is 18.5 Å². The molecule has 0 atom stereocenters. The summed E-state index contributed by atoms with van der Waals surface area (Å²) in [6, 6.07) is 14.9. The van der Waals surface area contributed by atoms with Crippen molar-refractivity contribution in [3.05, 3.63) is 59.1 Å². The molecule has 25 heavy (non-hydrogen) atoms. The maximum atomic E-state index is 12.3. The molecule has 0 bridgehead atoms. The largest absolute Gasteiger partial charge is 0.455 e. The Labute approximate surface area is 148 Å². The first kappa shape index (κ1) is 15.8. The van der Waals surface area contributed by atoms with Crippen molar-refractivity contribution < 1.29 is 14.3 Å². The monoisotopic (exact) mass is 352 g/mol. The second-order valence-electron chi connectivity index (χ2n) is 5.85. The van der Waals surface area contributed by atoms with E-state index < -0.39 is 5.97 Å². The number of thiazole rings is 1. The Balaban J connectivity index is 1.46. The molecule has 126 valence electrons. The topological polar surface area (TPSA) is 59.5 Å². The molecule has 2 aromatic carbocycles. The minimum Gasteiger partial charge on any atom is -0.455 e. The minimum absolute atomic E-state index is 0.0972. The SMILES string of the molecule is O=C(OCc1nc2ccccc2s1)c1cccc(N2CCCC2=O)c1. The third-order valence-electron chi connectivity index (χ3n) is 4.13. The predicted molar refractivity (Wildman–Crippen MR) is 96.8 cm³/mol. The molecule has 1 saturated heterocycles.